The van der Waals surface area contributed by atoms with Crippen molar-refractivity contribution in [3.8, 4) is 0 Å². The minimum atomic E-state index is -0.216. The molecule has 0 saturated heterocycles. The second-order valence-corrected chi connectivity index (χ2v) is 7.15. The predicted molar refractivity (Wildman–Crippen MR) is 84.0 cm³/mol. The lowest BCUT2D eigenvalue weighted by atomic mass is 9.85. The molecule has 1 aliphatic rings. The number of hydrogen-bond donors (Lipinski definition) is 2. The first kappa shape index (κ1) is 14.3. The summed E-state index contributed by atoms with van der Waals surface area (Å²) < 4.78 is 1.97. The molecule has 1 saturated carbocycles. The summed E-state index contributed by atoms with van der Waals surface area (Å²) in [6.07, 6.45) is 2.93. The van der Waals surface area contributed by atoms with Crippen molar-refractivity contribution >= 4 is 45.1 Å². The molecule has 0 atom stereocenters. The second-order valence-electron chi connectivity index (χ2n) is 4.90. The Balaban J connectivity index is 1.45. The summed E-state index contributed by atoms with van der Waals surface area (Å²) in [6.45, 7) is 0. The molecule has 2 N–H and O–H groups in total. The number of benzene rings is 1. The van der Waals surface area contributed by atoms with E-state index < -0.39 is 0 Å². The Morgan fingerprint density at radius 1 is 1.29 bits per heavy atom. The first-order valence-corrected chi connectivity index (χ1v) is 8.59. The average molecular weight is 321 g/mol. The van der Waals surface area contributed by atoms with E-state index in [0.717, 1.165) is 33.8 Å². The predicted octanol–water partition coefficient (Wildman–Crippen LogP) is 2.34. The molecule has 21 heavy (non-hydrogen) atoms. The number of carbonyl (C=O) groups excluding carboxylic acids is 2. The van der Waals surface area contributed by atoms with Crippen LogP contribution in [0.15, 0.2) is 28.6 Å². The summed E-state index contributed by atoms with van der Waals surface area (Å²) in [5.74, 6) is 0.0128. The lowest BCUT2D eigenvalue weighted by Crippen LogP contribution is -2.46. The van der Waals surface area contributed by atoms with Crippen LogP contribution >= 0.6 is 23.1 Å². The minimum absolute atomic E-state index is 0.0715. The highest BCUT2D eigenvalue weighted by molar-refractivity contribution is 8.01. The molecule has 0 aliphatic heterocycles. The summed E-state index contributed by atoms with van der Waals surface area (Å²) in [5.41, 5.74) is 5.88. The number of hydrazine groups is 1. The van der Waals surface area contributed by atoms with E-state index in [1.165, 1.54) is 11.8 Å². The quantitative estimate of drug-likeness (QED) is 0.670. The fraction of sp³-hybridized carbons (Fsp3) is 0.357. The zero-order valence-electron chi connectivity index (χ0n) is 11.3. The largest absolute Gasteiger partial charge is 0.273 e. The van der Waals surface area contributed by atoms with Crippen LogP contribution in [0.1, 0.15) is 19.3 Å². The molecule has 1 aromatic carbocycles. The van der Waals surface area contributed by atoms with Crippen molar-refractivity contribution in [3.63, 3.8) is 0 Å². The third-order valence-corrected chi connectivity index (χ3v) is 5.58. The summed E-state index contributed by atoms with van der Waals surface area (Å²) in [6, 6.07) is 7.88. The maximum absolute atomic E-state index is 11.7. The lowest BCUT2D eigenvalue weighted by Gasteiger charge is -2.23. The molecule has 0 spiro atoms. The fourth-order valence-electron chi connectivity index (χ4n) is 1.98. The number of amides is 2. The van der Waals surface area contributed by atoms with Gasteiger partial charge in [0.15, 0.2) is 4.34 Å². The van der Waals surface area contributed by atoms with Crippen molar-refractivity contribution in [2.24, 2.45) is 5.92 Å². The standard InChI is InChI=1S/C14H15N3O2S2/c18-12(16-17-13(19)9-4-3-5-9)8-20-14-15-10-6-1-2-7-11(10)21-14/h1-2,6-7,9H,3-5,8H2,(H,16,18)(H,17,19). The summed E-state index contributed by atoms with van der Waals surface area (Å²) in [7, 11) is 0. The molecule has 7 heteroatoms. The number of carbonyl (C=O) groups is 2. The van der Waals surface area contributed by atoms with Crippen molar-refractivity contribution in [1.29, 1.82) is 0 Å². The van der Waals surface area contributed by atoms with Crippen LogP contribution in [0.2, 0.25) is 0 Å². The van der Waals surface area contributed by atoms with Crippen LogP contribution in [-0.4, -0.2) is 22.6 Å². The number of nitrogens with one attached hydrogen (secondary N) is 2. The van der Waals surface area contributed by atoms with Gasteiger partial charge in [-0.1, -0.05) is 30.3 Å². The highest BCUT2D eigenvalue weighted by Gasteiger charge is 2.25. The Morgan fingerprint density at radius 2 is 2.10 bits per heavy atom. The molecule has 1 aliphatic carbocycles. The van der Waals surface area contributed by atoms with Gasteiger partial charge >= 0.3 is 0 Å². The monoisotopic (exact) mass is 321 g/mol. The molecule has 0 radical (unpaired) electrons. The first-order valence-electron chi connectivity index (χ1n) is 6.79. The molecule has 0 unspecified atom stereocenters. The molecule has 0 bridgehead atoms. The normalized spacial score (nSPS) is 14.7. The molecular formula is C14H15N3O2S2. The van der Waals surface area contributed by atoms with E-state index in [-0.39, 0.29) is 23.5 Å². The van der Waals surface area contributed by atoms with Gasteiger partial charge in [0.1, 0.15) is 0 Å². The molecular weight excluding hydrogens is 306 g/mol. The van der Waals surface area contributed by atoms with E-state index in [1.807, 2.05) is 24.3 Å². The topological polar surface area (TPSA) is 71.1 Å². The van der Waals surface area contributed by atoms with Crippen molar-refractivity contribution < 1.29 is 9.59 Å². The SMILES string of the molecule is O=C(CSc1nc2ccccc2s1)NNC(=O)C1CCC1. The van der Waals surface area contributed by atoms with Crippen LogP contribution in [0, 0.1) is 5.92 Å². The highest BCUT2D eigenvalue weighted by atomic mass is 32.2. The third kappa shape index (κ3) is 3.54. The van der Waals surface area contributed by atoms with Crippen LogP contribution in [0.5, 0.6) is 0 Å². The summed E-state index contributed by atoms with van der Waals surface area (Å²) in [4.78, 5) is 27.7. The molecule has 5 nitrogen and oxygen atoms in total. The van der Waals surface area contributed by atoms with E-state index in [4.69, 9.17) is 0 Å². The van der Waals surface area contributed by atoms with E-state index in [0.29, 0.717) is 0 Å². The van der Waals surface area contributed by atoms with Gasteiger partial charge in [0.25, 0.3) is 0 Å². The van der Waals surface area contributed by atoms with Gasteiger partial charge in [0.2, 0.25) is 11.8 Å². The molecule has 1 aromatic heterocycles. The minimum Gasteiger partial charge on any atom is -0.273 e. The number of rotatable bonds is 4. The van der Waals surface area contributed by atoms with Crippen molar-refractivity contribution in [2.75, 3.05) is 5.75 Å². The fourth-order valence-corrected chi connectivity index (χ4v) is 3.85. The van der Waals surface area contributed by atoms with E-state index in [1.54, 1.807) is 11.3 Å². The van der Waals surface area contributed by atoms with E-state index in [2.05, 4.69) is 15.8 Å². The number of hydrogen-bond acceptors (Lipinski definition) is 5. The van der Waals surface area contributed by atoms with E-state index in [9.17, 15) is 9.59 Å². The van der Waals surface area contributed by atoms with Gasteiger partial charge in [-0.3, -0.25) is 20.4 Å². The van der Waals surface area contributed by atoms with Gasteiger partial charge in [-0.15, -0.1) is 11.3 Å². The Bertz CT molecular complexity index is 634. The van der Waals surface area contributed by atoms with Crippen LogP contribution in [0.3, 0.4) is 0 Å². The second kappa shape index (κ2) is 6.44. The molecule has 1 heterocycles. The van der Waals surface area contributed by atoms with Gasteiger partial charge < -0.3 is 0 Å². The molecule has 110 valence electrons. The van der Waals surface area contributed by atoms with Gasteiger partial charge in [-0.25, -0.2) is 4.98 Å². The van der Waals surface area contributed by atoms with E-state index >= 15 is 0 Å². The molecule has 2 amide bonds. The summed E-state index contributed by atoms with van der Waals surface area (Å²) in [5, 5.41) is 0. The van der Waals surface area contributed by atoms with Crippen LogP contribution in [-0.2, 0) is 9.59 Å². The lowest BCUT2D eigenvalue weighted by molar-refractivity contribution is -0.132. The van der Waals surface area contributed by atoms with Gasteiger partial charge in [0, 0.05) is 5.92 Å². The Kier molecular flexibility index (Phi) is 4.40. The number of fused-ring (bicyclic) bond motifs is 1. The number of thioether (sulfide) groups is 1. The summed E-state index contributed by atoms with van der Waals surface area (Å²) >= 11 is 2.94. The van der Waals surface area contributed by atoms with Gasteiger partial charge in [-0.2, -0.15) is 0 Å². The highest BCUT2D eigenvalue weighted by Crippen LogP contribution is 2.29. The maximum atomic E-state index is 11.7. The van der Waals surface area contributed by atoms with Crippen LogP contribution in [0.25, 0.3) is 10.2 Å². The molecule has 2 aromatic rings. The molecule has 3 rings (SSSR count). The van der Waals surface area contributed by atoms with Gasteiger partial charge in [0.05, 0.1) is 16.0 Å². The first-order chi connectivity index (χ1) is 10.2. The number of nitrogens with zero attached hydrogens (tertiary/aromatic N) is 1. The number of para-hydroxylation sites is 1. The Hall–Kier alpha value is -1.60. The zero-order valence-corrected chi connectivity index (χ0v) is 12.9. The number of thiazole rings is 1. The Morgan fingerprint density at radius 3 is 2.81 bits per heavy atom. The van der Waals surface area contributed by atoms with Crippen LogP contribution in [0.4, 0.5) is 0 Å². The van der Waals surface area contributed by atoms with Gasteiger partial charge in [-0.05, 0) is 25.0 Å². The Labute approximate surface area is 130 Å². The van der Waals surface area contributed by atoms with Crippen LogP contribution < -0.4 is 10.9 Å². The number of aromatic nitrogens is 1. The molecule has 1 fully saturated rings. The van der Waals surface area contributed by atoms with Crippen molar-refractivity contribution in [3.05, 3.63) is 24.3 Å². The third-order valence-electron chi connectivity index (χ3n) is 3.40. The van der Waals surface area contributed by atoms with Crippen molar-refractivity contribution in [1.82, 2.24) is 15.8 Å². The van der Waals surface area contributed by atoms with Crippen molar-refractivity contribution in [2.45, 2.75) is 23.6 Å². The average Bonchev–Trinajstić information content (AvgIpc) is 2.83. The zero-order chi connectivity index (χ0) is 14.7. The smallest absolute Gasteiger partial charge is 0.248 e. The maximum Gasteiger partial charge on any atom is 0.248 e.